The Hall–Kier alpha value is -1.28. The van der Waals surface area contributed by atoms with E-state index in [9.17, 15) is 0 Å². The highest BCUT2D eigenvalue weighted by molar-refractivity contribution is 5.15. The van der Waals surface area contributed by atoms with Gasteiger partial charge in [-0.1, -0.05) is 36.4 Å². The van der Waals surface area contributed by atoms with Gasteiger partial charge in [0, 0.05) is 19.6 Å². The number of fused-ring (bicyclic) bond motifs is 6. The summed E-state index contributed by atoms with van der Waals surface area (Å²) in [5, 5.41) is 2.12. The third-order valence-electron chi connectivity index (χ3n) is 6.00. The predicted molar refractivity (Wildman–Crippen MR) is 99.5 cm³/mol. The monoisotopic (exact) mass is 372 g/mol. The van der Waals surface area contributed by atoms with Crippen LogP contribution in [0.25, 0.3) is 0 Å². The van der Waals surface area contributed by atoms with Gasteiger partial charge in [0.1, 0.15) is 6.10 Å². The summed E-state index contributed by atoms with van der Waals surface area (Å²) in [6, 6.07) is 10.8. The first kappa shape index (κ1) is 17.8. The fourth-order valence-corrected chi connectivity index (χ4v) is 5.02. The molecule has 0 unspecified atom stereocenters. The lowest BCUT2D eigenvalue weighted by atomic mass is 9.98. The normalized spacial score (nSPS) is 40.5. The topological polar surface area (TPSA) is 43.4 Å². The van der Waals surface area contributed by atoms with Gasteiger partial charge in [-0.25, -0.2) is 0 Å². The highest BCUT2D eigenvalue weighted by Crippen LogP contribution is 2.45. The molecular weight excluding hydrogens is 344 g/mol. The minimum atomic E-state index is -0.605. The molecule has 0 aliphatic carbocycles. The number of hydrogen-bond donors (Lipinski definition) is 0. The smallest absolute Gasteiger partial charge is 0.189 e. The maximum absolute atomic E-state index is 6.43. The molecule has 0 aromatic heterocycles. The van der Waals surface area contributed by atoms with E-state index in [0.717, 1.165) is 26.1 Å². The van der Waals surface area contributed by atoms with Crippen LogP contribution in [-0.2, 0) is 25.6 Å². The van der Waals surface area contributed by atoms with Crippen molar-refractivity contribution < 1.29 is 19.0 Å². The summed E-state index contributed by atoms with van der Waals surface area (Å²) < 4.78 is 18.7. The van der Waals surface area contributed by atoms with Gasteiger partial charge in [-0.2, -0.15) is 5.06 Å². The first-order valence-corrected chi connectivity index (χ1v) is 9.87. The molecule has 0 N–H and O–H groups in total. The largest absolute Gasteiger partial charge is 0.343 e. The van der Waals surface area contributed by atoms with E-state index in [0.29, 0.717) is 0 Å². The van der Waals surface area contributed by atoms with E-state index in [4.69, 9.17) is 19.0 Å². The fourth-order valence-electron chi connectivity index (χ4n) is 5.02. The van der Waals surface area contributed by atoms with E-state index < -0.39 is 5.79 Å². The van der Waals surface area contributed by atoms with Gasteiger partial charge in [0.2, 0.25) is 0 Å². The third-order valence-corrected chi connectivity index (χ3v) is 6.00. The molecule has 1 aromatic carbocycles. The van der Waals surface area contributed by atoms with Crippen LogP contribution in [0.4, 0.5) is 0 Å². The lowest BCUT2D eigenvalue weighted by Gasteiger charge is -2.39. The van der Waals surface area contributed by atoms with Crippen molar-refractivity contribution in [1.29, 1.82) is 0 Å². The molecule has 27 heavy (non-hydrogen) atoms. The number of likely N-dealkylation sites (tertiary alicyclic amines) is 1. The van der Waals surface area contributed by atoms with Crippen molar-refractivity contribution in [3.63, 3.8) is 0 Å². The Labute approximate surface area is 160 Å². The summed E-state index contributed by atoms with van der Waals surface area (Å²) in [6.07, 6.45) is 2.67. The summed E-state index contributed by atoms with van der Waals surface area (Å²) >= 11 is 0. The predicted octanol–water partition coefficient (Wildman–Crippen LogP) is 2.31. The zero-order valence-corrected chi connectivity index (χ0v) is 16.0. The van der Waals surface area contributed by atoms with Crippen LogP contribution in [0.5, 0.6) is 0 Å². The Morgan fingerprint density at radius 2 is 2.00 bits per heavy atom. The second-order valence-electron chi connectivity index (χ2n) is 8.39. The number of rotatable bonds is 4. The number of nitrogens with zero attached hydrogens (tertiary/aromatic N) is 2. The molecule has 6 heteroatoms. The van der Waals surface area contributed by atoms with Crippen LogP contribution in [0.15, 0.2) is 43.0 Å². The highest BCUT2D eigenvalue weighted by atomic mass is 16.8. The first-order chi connectivity index (χ1) is 13.0. The van der Waals surface area contributed by atoms with Crippen molar-refractivity contribution >= 4 is 0 Å². The molecule has 2 bridgehead atoms. The maximum atomic E-state index is 6.43. The van der Waals surface area contributed by atoms with Gasteiger partial charge in [0.05, 0.1) is 24.3 Å². The molecule has 1 aromatic rings. The molecule has 4 fully saturated rings. The average Bonchev–Trinajstić information content (AvgIpc) is 3.21. The minimum Gasteiger partial charge on any atom is -0.343 e. The van der Waals surface area contributed by atoms with E-state index in [1.165, 1.54) is 5.56 Å². The van der Waals surface area contributed by atoms with Crippen LogP contribution >= 0.6 is 0 Å². The Bertz CT molecular complexity index is 697. The molecule has 146 valence electrons. The molecule has 4 saturated heterocycles. The van der Waals surface area contributed by atoms with E-state index in [2.05, 4.69) is 40.8 Å². The van der Waals surface area contributed by atoms with Gasteiger partial charge in [-0.15, -0.1) is 6.58 Å². The SMILES string of the molecule is C=CCN1C[C@@H]2C[C@H]([C@H]3O[C@@H]4OC(C)(C)O[C@@H]4[C@@H]31)N(Cc1ccccc1)O2. The summed E-state index contributed by atoms with van der Waals surface area (Å²) in [5.74, 6) is -0.605. The molecule has 4 aliphatic rings. The third kappa shape index (κ3) is 3.14. The first-order valence-electron chi connectivity index (χ1n) is 9.87. The fraction of sp³-hybridized carbons (Fsp3) is 0.619. The Balaban J connectivity index is 1.42. The molecule has 6 nitrogen and oxygen atoms in total. The molecule has 0 amide bonds. The molecule has 0 spiro atoms. The molecular formula is C21H28N2O4. The van der Waals surface area contributed by atoms with Gasteiger partial charge < -0.3 is 14.2 Å². The van der Waals surface area contributed by atoms with Gasteiger partial charge in [0.15, 0.2) is 12.1 Å². The molecule has 6 atom stereocenters. The summed E-state index contributed by atoms with van der Waals surface area (Å²) in [7, 11) is 0. The van der Waals surface area contributed by atoms with Gasteiger partial charge in [0.25, 0.3) is 0 Å². The van der Waals surface area contributed by atoms with Crippen molar-refractivity contribution in [1.82, 2.24) is 9.96 Å². The number of hydrogen-bond acceptors (Lipinski definition) is 6. The Morgan fingerprint density at radius 1 is 1.19 bits per heavy atom. The number of hydroxylamine groups is 2. The lowest BCUT2D eigenvalue weighted by Crippen LogP contribution is -2.55. The molecule has 4 heterocycles. The average molecular weight is 372 g/mol. The van der Waals surface area contributed by atoms with Crippen LogP contribution < -0.4 is 0 Å². The summed E-state index contributed by atoms with van der Waals surface area (Å²) in [6.45, 7) is 10.3. The zero-order valence-electron chi connectivity index (χ0n) is 16.0. The molecule has 5 rings (SSSR count). The Kier molecular flexibility index (Phi) is 4.39. The number of benzene rings is 1. The van der Waals surface area contributed by atoms with E-state index >= 15 is 0 Å². The van der Waals surface area contributed by atoms with Crippen LogP contribution in [0.3, 0.4) is 0 Å². The van der Waals surface area contributed by atoms with Gasteiger partial charge in [-0.05, 0) is 25.8 Å². The summed E-state index contributed by atoms with van der Waals surface area (Å²) in [4.78, 5) is 8.71. The van der Waals surface area contributed by atoms with Crippen molar-refractivity contribution in [2.75, 3.05) is 13.1 Å². The van der Waals surface area contributed by atoms with Crippen LogP contribution in [0, 0.1) is 0 Å². The molecule has 4 aliphatic heterocycles. The van der Waals surface area contributed by atoms with Crippen LogP contribution in [-0.4, -0.2) is 65.5 Å². The second-order valence-corrected chi connectivity index (χ2v) is 8.39. The van der Waals surface area contributed by atoms with Crippen molar-refractivity contribution in [2.24, 2.45) is 0 Å². The zero-order chi connectivity index (χ0) is 18.6. The Morgan fingerprint density at radius 3 is 2.78 bits per heavy atom. The van der Waals surface area contributed by atoms with Crippen LogP contribution in [0.2, 0.25) is 0 Å². The van der Waals surface area contributed by atoms with Crippen LogP contribution in [0.1, 0.15) is 25.8 Å². The lowest BCUT2D eigenvalue weighted by molar-refractivity contribution is -0.242. The quantitative estimate of drug-likeness (QED) is 0.756. The van der Waals surface area contributed by atoms with Crippen molar-refractivity contribution in [3.05, 3.63) is 48.6 Å². The van der Waals surface area contributed by atoms with Crippen molar-refractivity contribution in [3.8, 4) is 0 Å². The minimum absolute atomic E-state index is 0.00716. The maximum Gasteiger partial charge on any atom is 0.189 e. The van der Waals surface area contributed by atoms with E-state index in [1.54, 1.807) is 0 Å². The second kappa shape index (κ2) is 6.65. The molecule has 0 saturated carbocycles. The highest BCUT2D eigenvalue weighted by Gasteiger charge is 2.61. The number of ether oxygens (including phenoxy) is 3. The van der Waals surface area contributed by atoms with E-state index in [-0.39, 0.29) is 36.7 Å². The van der Waals surface area contributed by atoms with E-state index in [1.807, 2.05) is 26.0 Å². The standard InChI is InChI=1S/C21H28N2O4/c1-4-10-22-13-15-11-16(23(27-15)12-14-8-6-5-7-9-14)18-17(22)19-20(24-18)26-21(2,3)25-19/h4-9,15-20H,1,10-13H2,2-3H3/t15-,16+,17+,18+,19+,20+/m0/s1. The molecule has 0 radical (unpaired) electrons. The van der Waals surface area contributed by atoms with Crippen molar-refractivity contribution in [2.45, 2.75) is 69.3 Å². The van der Waals surface area contributed by atoms with Gasteiger partial charge >= 0.3 is 0 Å². The van der Waals surface area contributed by atoms with Gasteiger partial charge in [-0.3, -0.25) is 9.74 Å². The summed E-state index contributed by atoms with van der Waals surface area (Å²) in [5.41, 5.74) is 1.25.